The van der Waals surface area contributed by atoms with Gasteiger partial charge in [0.2, 0.25) is 0 Å². The van der Waals surface area contributed by atoms with Crippen LogP contribution in [0.1, 0.15) is 59.8 Å². The highest BCUT2D eigenvalue weighted by molar-refractivity contribution is 5.14. The number of rotatable bonds is 2. The molecule has 0 spiro atoms. The molecule has 0 heterocycles. The highest BCUT2D eigenvalue weighted by Crippen LogP contribution is 2.36. The fraction of sp³-hybridized carbons (Fsp3) is 0.846. The first-order chi connectivity index (χ1) is 6.16. The average Bonchev–Trinajstić information content (AvgIpc) is 2.16. The zero-order chi connectivity index (χ0) is 9.84. The molecule has 13 heavy (non-hydrogen) atoms. The normalized spacial score (nSPS) is 31.4. The Bertz CT molecular complexity index is 188. The van der Waals surface area contributed by atoms with Crippen LogP contribution in [0.2, 0.25) is 0 Å². The molecule has 1 rings (SSSR count). The Morgan fingerprint density at radius 2 is 1.77 bits per heavy atom. The first-order valence-electron chi connectivity index (χ1n) is 5.83. The molecule has 0 aliphatic heterocycles. The van der Waals surface area contributed by atoms with Crippen LogP contribution in [0.25, 0.3) is 0 Å². The van der Waals surface area contributed by atoms with E-state index in [-0.39, 0.29) is 0 Å². The van der Waals surface area contributed by atoms with Crippen molar-refractivity contribution < 1.29 is 0 Å². The van der Waals surface area contributed by atoms with Crippen molar-refractivity contribution in [3.8, 4) is 0 Å². The van der Waals surface area contributed by atoms with Crippen molar-refractivity contribution in [1.29, 1.82) is 0 Å². The van der Waals surface area contributed by atoms with E-state index >= 15 is 0 Å². The summed E-state index contributed by atoms with van der Waals surface area (Å²) in [6.07, 6.45) is 7.01. The summed E-state index contributed by atoms with van der Waals surface area (Å²) in [5.74, 6) is 1.82. The van der Waals surface area contributed by atoms with Gasteiger partial charge in [-0.25, -0.2) is 0 Å². The number of hydrogen-bond acceptors (Lipinski definition) is 0. The molecule has 0 aromatic rings. The summed E-state index contributed by atoms with van der Waals surface area (Å²) < 4.78 is 0. The second-order valence-corrected chi connectivity index (χ2v) is 4.69. The zero-order valence-corrected chi connectivity index (χ0v) is 9.69. The topological polar surface area (TPSA) is 0 Å². The average molecular weight is 180 g/mol. The van der Waals surface area contributed by atoms with E-state index in [0.717, 1.165) is 11.8 Å². The van der Waals surface area contributed by atoms with Gasteiger partial charge in [-0.2, -0.15) is 0 Å². The number of allylic oxidation sites excluding steroid dienone is 2. The molecule has 76 valence electrons. The Balaban J connectivity index is 2.68. The minimum Gasteiger partial charge on any atom is -0.0744 e. The van der Waals surface area contributed by atoms with E-state index in [1.165, 1.54) is 32.1 Å². The van der Waals surface area contributed by atoms with Crippen LogP contribution in [0.5, 0.6) is 0 Å². The number of hydrogen-bond donors (Lipinski definition) is 0. The van der Waals surface area contributed by atoms with Crippen LogP contribution >= 0.6 is 0 Å². The Labute approximate surface area is 83.4 Å². The maximum atomic E-state index is 2.43. The lowest BCUT2D eigenvalue weighted by Crippen LogP contribution is -2.18. The largest absolute Gasteiger partial charge is 0.0744 e. The molecule has 0 N–H and O–H groups in total. The zero-order valence-electron chi connectivity index (χ0n) is 9.69. The van der Waals surface area contributed by atoms with Gasteiger partial charge in [-0.15, -0.1) is 0 Å². The molecule has 1 aliphatic carbocycles. The first kappa shape index (κ1) is 10.8. The highest BCUT2D eigenvalue weighted by Gasteiger charge is 2.22. The van der Waals surface area contributed by atoms with E-state index in [2.05, 4.69) is 27.7 Å². The smallest absolute Gasteiger partial charge is 0.0178 e. The highest BCUT2D eigenvalue weighted by atomic mass is 14.3. The van der Waals surface area contributed by atoms with E-state index < -0.39 is 0 Å². The summed E-state index contributed by atoms with van der Waals surface area (Å²) in [4.78, 5) is 0. The summed E-state index contributed by atoms with van der Waals surface area (Å²) in [7, 11) is 0. The van der Waals surface area contributed by atoms with Crippen molar-refractivity contribution >= 4 is 0 Å². The molecule has 1 aliphatic rings. The van der Waals surface area contributed by atoms with Gasteiger partial charge >= 0.3 is 0 Å². The molecule has 2 unspecified atom stereocenters. The molecule has 0 bridgehead atoms. The minimum absolute atomic E-state index is 0.897. The van der Waals surface area contributed by atoms with Gasteiger partial charge in [-0.1, -0.05) is 44.3 Å². The SMILES string of the molecule is CC/C(C)=C(\C)C1CCCCC1C. The second-order valence-electron chi connectivity index (χ2n) is 4.69. The van der Waals surface area contributed by atoms with Gasteiger partial charge in [0, 0.05) is 0 Å². The Morgan fingerprint density at radius 3 is 2.31 bits per heavy atom. The maximum Gasteiger partial charge on any atom is -0.0178 e. The predicted octanol–water partition coefficient (Wildman–Crippen LogP) is 4.56. The second kappa shape index (κ2) is 4.83. The van der Waals surface area contributed by atoms with Gasteiger partial charge in [0.15, 0.2) is 0 Å². The lowest BCUT2D eigenvalue weighted by molar-refractivity contribution is 0.291. The van der Waals surface area contributed by atoms with E-state index in [0.29, 0.717) is 0 Å². The first-order valence-corrected chi connectivity index (χ1v) is 5.83. The molecule has 0 aromatic heterocycles. The molecule has 1 saturated carbocycles. The molecular formula is C13H24. The van der Waals surface area contributed by atoms with E-state index in [9.17, 15) is 0 Å². The summed E-state index contributed by atoms with van der Waals surface area (Å²) in [5.41, 5.74) is 3.31. The monoisotopic (exact) mass is 180 g/mol. The van der Waals surface area contributed by atoms with Gasteiger partial charge < -0.3 is 0 Å². The quantitative estimate of drug-likeness (QED) is 0.546. The van der Waals surface area contributed by atoms with Crippen LogP contribution in [0.4, 0.5) is 0 Å². The van der Waals surface area contributed by atoms with Crippen molar-refractivity contribution in [3.63, 3.8) is 0 Å². The third-order valence-electron chi connectivity index (χ3n) is 3.87. The summed E-state index contributed by atoms with van der Waals surface area (Å²) in [5, 5.41) is 0. The maximum absolute atomic E-state index is 2.43. The lowest BCUT2D eigenvalue weighted by atomic mass is 9.75. The van der Waals surface area contributed by atoms with Gasteiger partial charge in [-0.3, -0.25) is 0 Å². The van der Waals surface area contributed by atoms with Crippen LogP contribution < -0.4 is 0 Å². The van der Waals surface area contributed by atoms with Crippen molar-refractivity contribution in [2.45, 2.75) is 59.8 Å². The van der Waals surface area contributed by atoms with Crippen molar-refractivity contribution in [1.82, 2.24) is 0 Å². The van der Waals surface area contributed by atoms with Crippen LogP contribution in [0, 0.1) is 11.8 Å². The molecule has 0 amide bonds. The van der Waals surface area contributed by atoms with Gasteiger partial charge in [0.25, 0.3) is 0 Å². The van der Waals surface area contributed by atoms with Gasteiger partial charge in [0.1, 0.15) is 0 Å². The fourth-order valence-corrected chi connectivity index (χ4v) is 2.55. The van der Waals surface area contributed by atoms with Crippen LogP contribution in [0.15, 0.2) is 11.1 Å². The predicted molar refractivity (Wildman–Crippen MR) is 59.8 cm³/mol. The minimum atomic E-state index is 0.897. The Hall–Kier alpha value is -0.260. The molecule has 0 radical (unpaired) electrons. The third-order valence-corrected chi connectivity index (χ3v) is 3.87. The molecule has 0 heteroatoms. The Morgan fingerprint density at radius 1 is 1.15 bits per heavy atom. The standard InChI is InChI=1S/C13H24/c1-5-10(2)12(4)13-9-7-6-8-11(13)3/h11,13H,5-9H2,1-4H3/b12-10+. The molecule has 0 saturated heterocycles. The van der Waals surface area contributed by atoms with Crippen molar-refractivity contribution in [2.24, 2.45) is 11.8 Å². The van der Waals surface area contributed by atoms with Gasteiger partial charge in [-0.05, 0) is 38.5 Å². The van der Waals surface area contributed by atoms with E-state index in [1.807, 2.05) is 0 Å². The molecule has 0 aromatic carbocycles. The Kier molecular flexibility index (Phi) is 4.02. The van der Waals surface area contributed by atoms with Gasteiger partial charge in [0.05, 0.1) is 0 Å². The van der Waals surface area contributed by atoms with E-state index in [4.69, 9.17) is 0 Å². The summed E-state index contributed by atoms with van der Waals surface area (Å²) in [6, 6.07) is 0. The summed E-state index contributed by atoms with van der Waals surface area (Å²) >= 11 is 0. The molecule has 1 fully saturated rings. The van der Waals surface area contributed by atoms with Crippen LogP contribution in [-0.2, 0) is 0 Å². The molecule has 2 atom stereocenters. The van der Waals surface area contributed by atoms with Crippen molar-refractivity contribution in [3.05, 3.63) is 11.1 Å². The molecular weight excluding hydrogens is 156 g/mol. The van der Waals surface area contributed by atoms with Crippen LogP contribution in [0.3, 0.4) is 0 Å². The van der Waals surface area contributed by atoms with Crippen LogP contribution in [-0.4, -0.2) is 0 Å². The van der Waals surface area contributed by atoms with E-state index in [1.54, 1.807) is 11.1 Å². The summed E-state index contributed by atoms with van der Waals surface area (Å²) in [6.45, 7) is 9.35. The fourth-order valence-electron chi connectivity index (χ4n) is 2.55. The third kappa shape index (κ3) is 2.59. The lowest BCUT2D eigenvalue weighted by Gasteiger charge is -2.30. The molecule has 0 nitrogen and oxygen atoms in total. The van der Waals surface area contributed by atoms with Crippen molar-refractivity contribution in [2.75, 3.05) is 0 Å².